The quantitative estimate of drug-likeness (QED) is 0.697. The molecular weight excluding hydrogens is 442 g/mol. The van der Waals surface area contributed by atoms with Crippen LogP contribution in [0.3, 0.4) is 0 Å². The molecule has 0 saturated carbocycles. The molecule has 0 radical (unpaired) electrons. The number of carbonyl (C=O) groups is 2. The van der Waals surface area contributed by atoms with Crippen molar-refractivity contribution in [2.24, 2.45) is 5.92 Å². The van der Waals surface area contributed by atoms with Crippen molar-refractivity contribution in [3.05, 3.63) is 60.2 Å². The molecule has 33 heavy (non-hydrogen) atoms. The Bertz CT molecular complexity index is 1110. The SMILES string of the molecule is CCS(=O)(=O)N1CCC[C@H](C(=O)N2C[C@@H](C(=O)NCc3ccccc3)Oc3ccccc32)C1. The third kappa shape index (κ3) is 5.20. The van der Waals surface area contributed by atoms with Crippen LogP contribution in [-0.4, -0.2) is 56.0 Å². The van der Waals surface area contributed by atoms with E-state index in [2.05, 4.69) is 5.32 Å². The zero-order valence-corrected chi connectivity index (χ0v) is 19.5. The van der Waals surface area contributed by atoms with E-state index in [0.29, 0.717) is 37.4 Å². The smallest absolute Gasteiger partial charge is 0.263 e. The number of nitrogens with one attached hydrogen (secondary N) is 1. The van der Waals surface area contributed by atoms with Crippen LogP contribution in [0.1, 0.15) is 25.3 Å². The molecule has 2 aromatic rings. The van der Waals surface area contributed by atoms with Crippen molar-refractivity contribution < 1.29 is 22.7 Å². The normalized spacial score (nSPS) is 21.1. The standard InChI is InChI=1S/C24H29N3O5S/c1-2-33(30,31)26-14-8-11-19(16-26)24(29)27-17-22(32-21-13-7-6-12-20(21)27)23(28)25-15-18-9-4-3-5-10-18/h3-7,9-10,12-13,19,22H,2,8,11,14-17H2,1H3,(H,25,28)/t19-,22-/m0/s1. The number of anilines is 1. The molecule has 0 aromatic heterocycles. The second-order valence-electron chi connectivity index (χ2n) is 8.32. The molecule has 2 atom stereocenters. The Kier molecular flexibility index (Phi) is 6.99. The van der Waals surface area contributed by atoms with Gasteiger partial charge in [0.05, 0.1) is 23.9 Å². The Morgan fingerprint density at radius 2 is 1.79 bits per heavy atom. The Hall–Kier alpha value is -2.91. The molecule has 0 bridgehead atoms. The maximum Gasteiger partial charge on any atom is 0.263 e. The number of para-hydroxylation sites is 2. The van der Waals surface area contributed by atoms with Crippen LogP contribution in [0.5, 0.6) is 5.75 Å². The first-order valence-electron chi connectivity index (χ1n) is 11.3. The van der Waals surface area contributed by atoms with Crippen molar-refractivity contribution in [1.29, 1.82) is 0 Å². The highest BCUT2D eigenvalue weighted by Crippen LogP contribution is 2.35. The number of carbonyl (C=O) groups excluding carboxylic acids is 2. The van der Waals surface area contributed by atoms with Gasteiger partial charge in [-0.1, -0.05) is 42.5 Å². The lowest BCUT2D eigenvalue weighted by Crippen LogP contribution is -2.54. The number of hydrogen-bond acceptors (Lipinski definition) is 5. The fraction of sp³-hybridized carbons (Fsp3) is 0.417. The summed E-state index contributed by atoms with van der Waals surface area (Å²) in [5.41, 5.74) is 1.57. The zero-order chi connectivity index (χ0) is 23.4. The fourth-order valence-electron chi connectivity index (χ4n) is 4.28. The molecule has 2 aliphatic heterocycles. The van der Waals surface area contributed by atoms with Crippen molar-refractivity contribution in [2.45, 2.75) is 32.4 Å². The van der Waals surface area contributed by atoms with Gasteiger partial charge in [-0.05, 0) is 37.5 Å². The average Bonchev–Trinajstić information content (AvgIpc) is 2.86. The molecule has 0 spiro atoms. The van der Waals surface area contributed by atoms with Crippen LogP contribution in [-0.2, 0) is 26.2 Å². The van der Waals surface area contributed by atoms with Crippen LogP contribution in [0, 0.1) is 5.92 Å². The number of nitrogens with zero attached hydrogens (tertiary/aromatic N) is 2. The highest BCUT2D eigenvalue weighted by molar-refractivity contribution is 7.89. The first-order chi connectivity index (χ1) is 15.9. The van der Waals surface area contributed by atoms with Crippen LogP contribution in [0.25, 0.3) is 0 Å². The van der Waals surface area contributed by atoms with E-state index in [0.717, 1.165) is 5.56 Å². The minimum absolute atomic E-state index is 0.0119. The molecule has 2 amide bonds. The number of fused-ring (bicyclic) bond motifs is 1. The van der Waals surface area contributed by atoms with E-state index in [4.69, 9.17) is 4.74 Å². The monoisotopic (exact) mass is 471 g/mol. The van der Waals surface area contributed by atoms with Crippen molar-refractivity contribution in [2.75, 3.05) is 30.3 Å². The van der Waals surface area contributed by atoms with E-state index in [1.165, 1.54) is 4.31 Å². The van der Waals surface area contributed by atoms with Crippen LogP contribution >= 0.6 is 0 Å². The van der Waals surface area contributed by atoms with E-state index >= 15 is 0 Å². The third-order valence-corrected chi connectivity index (χ3v) is 7.98. The lowest BCUT2D eigenvalue weighted by molar-refractivity contribution is -0.129. The van der Waals surface area contributed by atoms with Gasteiger partial charge in [0, 0.05) is 19.6 Å². The van der Waals surface area contributed by atoms with Gasteiger partial charge in [-0.3, -0.25) is 9.59 Å². The van der Waals surface area contributed by atoms with Crippen molar-refractivity contribution in [3.63, 3.8) is 0 Å². The van der Waals surface area contributed by atoms with Crippen molar-refractivity contribution in [3.8, 4) is 5.75 Å². The van der Waals surface area contributed by atoms with Gasteiger partial charge in [-0.15, -0.1) is 0 Å². The van der Waals surface area contributed by atoms with Crippen molar-refractivity contribution in [1.82, 2.24) is 9.62 Å². The molecule has 176 valence electrons. The number of amides is 2. The van der Waals surface area contributed by atoms with Crippen LogP contribution < -0.4 is 15.0 Å². The van der Waals surface area contributed by atoms with Gasteiger partial charge in [-0.25, -0.2) is 12.7 Å². The van der Waals surface area contributed by atoms with E-state index in [1.807, 2.05) is 36.4 Å². The highest BCUT2D eigenvalue weighted by atomic mass is 32.2. The Morgan fingerprint density at radius 1 is 1.06 bits per heavy atom. The zero-order valence-electron chi connectivity index (χ0n) is 18.6. The van der Waals surface area contributed by atoms with Gasteiger partial charge in [0.15, 0.2) is 6.10 Å². The second kappa shape index (κ2) is 9.93. The van der Waals surface area contributed by atoms with Crippen LogP contribution in [0.4, 0.5) is 5.69 Å². The minimum atomic E-state index is -3.36. The molecule has 8 nitrogen and oxygen atoms in total. The lowest BCUT2D eigenvalue weighted by atomic mass is 9.97. The Labute approximate surface area is 194 Å². The summed E-state index contributed by atoms with van der Waals surface area (Å²) in [5.74, 6) is -0.463. The average molecular weight is 472 g/mol. The summed E-state index contributed by atoms with van der Waals surface area (Å²) in [7, 11) is -3.36. The van der Waals surface area contributed by atoms with E-state index in [1.54, 1.807) is 30.0 Å². The summed E-state index contributed by atoms with van der Waals surface area (Å²) in [6.07, 6.45) is 0.383. The summed E-state index contributed by atoms with van der Waals surface area (Å²) >= 11 is 0. The Balaban J connectivity index is 1.50. The van der Waals surface area contributed by atoms with Crippen LogP contribution in [0.2, 0.25) is 0 Å². The number of ether oxygens (including phenoxy) is 1. The molecule has 1 saturated heterocycles. The molecule has 2 aliphatic rings. The number of rotatable bonds is 6. The minimum Gasteiger partial charge on any atom is -0.477 e. The number of benzene rings is 2. The van der Waals surface area contributed by atoms with Gasteiger partial charge in [0.1, 0.15) is 5.75 Å². The molecule has 9 heteroatoms. The molecule has 4 rings (SSSR count). The fourth-order valence-corrected chi connectivity index (χ4v) is 5.46. The summed E-state index contributed by atoms with van der Waals surface area (Å²) in [6, 6.07) is 16.7. The van der Waals surface area contributed by atoms with Gasteiger partial charge >= 0.3 is 0 Å². The predicted molar refractivity (Wildman–Crippen MR) is 125 cm³/mol. The number of hydrogen-bond donors (Lipinski definition) is 1. The molecular formula is C24H29N3O5S. The first-order valence-corrected chi connectivity index (χ1v) is 12.9. The molecule has 2 heterocycles. The molecule has 0 aliphatic carbocycles. The third-order valence-electron chi connectivity index (χ3n) is 6.13. The van der Waals surface area contributed by atoms with Crippen LogP contribution in [0.15, 0.2) is 54.6 Å². The topological polar surface area (TPSA) is 96.0 Å². The summed E-state index contributed by atoms with van der Waals surface area (Å²) in [6.45, 7) is 2.65. The summed E-state index contributed by atoms with van der Waals surface area (Å²) in [4.78, 5) is 28.0. The highest BCUT2D eigenvalue weighted by Gasteiger charge is 2.39. The molecule has 0 unspecified atom stereocenters. The van der Waals surface area contributed by atoms with Gasteiger partial charge in [0.25, 0.3) is 5.91 Å². The van der Waals surface area contributed by atoms with E-state index < -0.39 is 22.0 Å². The largest absolute Gasteiger partial charge is 0.477 e. The van der Waals surface area contributed by atoms with Gasteiger partial charge in [0.2, 0.25) is 15.9 Å². The maximum atomic E-state index is 13.5. The van der Waals surface area contributed by atoms with E-state index in [-0.39, 0.29) is 30.7 Å². The van der Waals surface area contributed by atoms with Gasteiger partial charge in [-0.2, -0.15) is 0 Å². The summed E-state index contributed by atoms with van der Waals surface area (Å²) in [5, 5.41) is 2.88. The lowest BCUT2D eigenvalue weighted by Gasteiger charge is -2.38. The molecule has 1 N–H and O–H groups in total. The van der Waals surface area contributed by atoms with E-state index in [9.17, 15) is 18.0 Å². The van der Waals surface area contributed by atoms with Crippen molar-refractivity contribution >= 4 is 27.5 Å². The number of piperidine rings is 1. The molecule has 1 fully saturated rings. The number of sulfonamides is 1. The Morgan fingerprint density at radius 3 is 2.55 bits per heavy atom. The maximum absolute atomic E-state index is 13.5. The van der Waals surface area contributed by atoms with Gasteiger partial charge < -0.3 is 15.0 Å². The summed E-state index contributed by atoms with van der Waals surface area (Å²) < 4.78 is 32.1. The predicted octanol–water partition coefficient (Wildman–Crippen LogP) is 2.16. The molecule has 2 aromatic carbocycles. The second-order valence-corrected chi connectivity index (χ2v) is 10.6. The first kappa shape index (κ1) is 23.3.